The molecule has 21 heavy (non-hydrogen) atoms. The van der Waals surface area contributed by atoms with Gasteiger partial charge in [0.05, 0.1) is 14.2 Å². The Labute approximate surface area is 126 Å². The highest BCUT2D eigenvalue weighted by molar-refractivity contribution is 5.76. The van der Waals surface area contributed by atoms with Gasteiger partial charge in [-0.05, 0) is 31.9 Å². The van der Waals surface area contributed by atoms with E-state index < -0.39 is 0 Å². The Bertz CT molecular complexity index is 412. The number of benzene rings is 1. The van der Waals surface area contributed by atoms with Gasteiger partial charge >= 0.3 is 0 Å². The van der Waals surface area contributed by atoms with Crippen LogP contribution in [-0.4, -0.2) is 39.9 Å². The zero-order chi connectivity index (χ0) is 15.5. The molecule has 1 rings (SSSR count). The molecule has 0 spiro atoms. The van der Waals surface area contributed by atoms with Gasteiger partial charge in [-0.15, -0.1) is 0 Å². The van der Waals surface area contributed by atoms with Gasteiger partial charge in [-0.1, -0.05) is 6.07 Å². The van der Waals surface area contributed by atoms with Crippen LogP contribution in [0.4, 0.5) is 0 Å². The van der Waals surface area contributed by atoms with E-state index in [-0.39, 0.29) is 5.91 Å². The van der Waals surface area contributed by atoms with Crippen molar-refractivity contribution in [3.05, 3.63) is 23.8 Å². The van der Waals surface area contributed by atoms with Gasteiger partial charge in [0.1, 0.15) is 11.5 Å². The van der Waals surface area contributed by atoms with Gasteiger partial charge in [-0.3, -0.25) is 4.79 Å². The summed E-state index contributed by atoms with van der Waals surface area (Å²) in [7, 11) is 3.23. The largest absolute Gasteiger partial charge is 0.496 e. The van der Waals surface area contributed by atoms with Crippen molar-refractivity contribution in [3.8, 4) is 11.5 Å². The maximum atomic E-state index is 11.8. The molecule has 5 heteroatoms. The minimum absolute atomic E-state index is 0.0273. The lowest BCUT2D eigenvalue weighted by molar-refractivity contribution is -0.121. The molecule has 0 saturated heterocycles. The monoisotopic (exact) mass is 295 g/mol. The van der Waals surface area contributed by atoms with E-state index in [1.165, 1.54) is 0 Å². The van der Waals surface area contributed by atoms with Crippen molar-refractivity contribution >= 4 is 5.91 Å². The summed E-state index contributed by atoms with van der Waals surface area (Å²) in [5.41, 5.74) is 0.923. The Morgan fingerprint density at radius 3 is 2.43 bits per heavy atom. The summed E-state index contributed by atoms with van der Waals surface area (Å²) in [6, 6.07) is 5.62. The molecular formula is C16H25NO4. The van der Waals surface area contributed by atoms with Crippen molar-refractivity contribution in [1.29, 1.82) is 0 Å². The van der Waals surface area contributed by atoms with E-state index in [0.29, 0.717) is 32.6 Å². The summed E-state index contributed by atoms with van der Waals surface area (Å²) in [5.74, 6) is 1.52. The summed E-state index contributed by atoms with van der Waals surface area (Å²) in [5, 5.41) is 2.89. The fourth-order valence-corrected chi connectivity index (χ4v) is 2.05. The van der Waals surface area contributed by atoms with Crippen LogP contribution in [0.3, 0.4) is 0 Å². The molecule has 0 radical (unpaired) electrons. The summed E-state index contributed by atoms with van der Waals surface area (Å²) in [6.07, 6.45) is 1.83. The van der Waals surface area contributed by atoms with E-state index in [2.05, 4.69) is 5.32 Å². The van der Waals surface area contributed by atoms with Gasteiger partial charge in [-0.25, -0.2) is 0 Å². The third-order valence-corrected chi connectivity index (χ3v) is 3.12. The lowest BCUT2D eigenvalue weighted by Gasteiger charge is -2.12. The lowest BCUT2D eigenvalue weighted by atomic mass is 10.1. The average Bonchev–Trinajstić information content (AvgIpc) is 2.52. The van der Waals surface area contributed by atoms with E-state index in [1.54, 1.807) is 14.2 Å². The van der Waals surface area contributed by atoms with E-state index in [9.17, 15) is 4.79 Å². The summed E-state index contributed by atoms with van der Waals surface area (Å²) >= 11 is 0. The Balaban J connectivity index is 2.42. The molecule has 1 aromatic carbocycles. The summed E-state index contributed by atoms with van der Waals surface area (Å²) < 4.78 is 15.9. The van der Waals surface area contributed by atoms with Crippen LogP contribution in [-0.2, 0) is 16.0 Å². The first-order chi connectivity index (χ1) is 10.2. The van der Waals surface area contributed by atoms with Gasteiger partial charge in [-0.2, -0.15) is 0 Å². The molecule has 0 aliphatic carbocycles. The third kappa shape index (κ3) is 6.04. The lowest BCUT2D eigenvalue weighted by Crippen LogP contribution is -2.25. The van der Waals surface area contributed by atoms with E-state index in [1.807, 2.05) is 25.1 Å². The molecule has 0 aromatic heterocycles. The molecule has 1 aromatic rings. The molecular weight excluding hydrogens is 270 g/mol. The Hall–Kier alpha value is -1.75. The van der Waals surface area contributed by atoms with E-state index in [4.69, 9.17) is 14.2 Å². The number of carbonyl (C=O) groups excluding carboxylic acids is 1. The van der Waals surface area contributed by atoms with Gasteiger partial charge in [0, 0.05) is 31.7 Å². The molecule has 0 saturated carbocycles. The van der Waals surface area contributed by atoms with Crippen LogP contribution in [0.25, 0.3) is 0 Å². The first-order valence-corrected chi connectivity index (χ1v) is 7.27. The second-order valence-electron chi connectivity index (χ2n) is 4.54. The molecule has 0 aliphatic rings. The molecule has 0 unspecified atom stereocenters. The SMILES string of the molecule is CCOCCCNC(=O)CCc1c(OC)cccc1OC. The fourth-order valence-electron chi connectivity index (χ4n) is 2.05. The van der Waals surface area contributed by atoms with Crippen molar-refractivity contribution < 1.29 is 19.0 Å². The minimum atomic E-state index is 0.0273. The first-order valence-electron chi connectivity index (χ1n) is 7.27. The Kier molecular flexibility index (Phi) is 8.28. The van der Waals surface area contributed by atoms with Crippen LogP contribution >= 0.6 is 0 Å². The fraction of sp³-hybridized carbons (Fsp3) is 0.562. The molecule has 1 N–H and O–H groups in total. The van der Waals surface area contributed by atoms with Crippen molar-refractivity contribution in [2.24, 2.45) is 0 Å². The number of ether oxygens (including phenoxy) is 3. The second kappa shape index (κ2) is 10.0. The van der Waals surface area contributed by atoms with Crippen molar-refractivity contribution in [2.75, 3.05) is 34.0 Å². The van der Waals surface area contributed by atoms with Gasteiger partial charge in [0.2, 0.25) is 5.91 Å². The Morgan fingerprint density at radius 1 is 1.19 bits per heavy atom. The van der Waals surface area contributed by atoms with Crippen molar-refractivity contribution in [3.63, 3.8) is 0 Å². The molecule has 118 valence electrons. The Morgan fingerprint density at radius 2 is 1.86 bits per heavy atom. The predicted octanol–water partition coefficient (Wildman–Crippen LogP) is 2.18. The molecule has 5 nitrogen and oxygen atoms in total. The topological polar surface area (TPSA) is 56.8 Å². The van der Waals surface area contributed by atoms with E-state index in [0.717, 1.165) is 23.5 Å². The van der Waals surface area contributed by atoms with Gasteiger partial charge in [0.15, 0.2) is 0 Å². The number of rotatable bonds is 10. The molecule has 0 heterocycles. The number of methoxy groups -OCH3 is 2. The predicted molar refractivity (Wildman–Crippen MR) is 82.0 cm³/mol. The number of amides is 1. The highest BCUT2D eigenvalue weighted by Gasteiger charge is 2.11. The highest BCUT2D eigenvalue weighted by atomic mass is 16.5. The molecule has 0 atom stereocenters. The standard InChI is InChI=1S/C16H25NO4/c1-4-21-12-6-11-17-16(18)10-9-13-14(19-2)7-5-8-15(13)20-3/h5,7-8H,4,6,9-12H2,1-3H3,(H,17,18). The number of hydrogen-bond donors (Lipinski definition) is 1. The van der Waals surface area contributed by atoms with Crippen LogP contribution < -0.4 is 14.8 Å². The third-order valence-electron chi connectivity index (χ3n) is 3.12. The molecule has 0 aliphatic heterocycles. The zero-order valence-corrected chi connectivity index (χ0v) is 13.1. The quantitative estimate of drug-likeness (QED) is 0.672. The molecule has 0 bridgehead atoms. The average molecular weight is 295 g/mol. The van der Waals surface area contributed by atoms with Crippen LogP contribution in [0.15, 0.2) is 18.2 Å². The van der Waals surface area contributed by atoms with Crippen LogP contribution in [0.1, 0.15) is 25.3 Å². The molecule has 1 amide bonds. The second-order valence-corrected chi connectivity index (χ2v) is 4.54. The van der Waals surface area contributed by atoms with Gasteiger partial charge < -0.3 is 19.5 Å². The number of hydrogen-bond acceptors (Lipinski definition) is 4. The maximum Gasteiger partial charge on any atom is 0.220 e. The number of nitrogens with one attached hydrogen (secondary N) is 1. The first kappa shape index (κ1) is 17.3. The van der Waals surface area contributed by atoms with Crippen molar-refractivity contribution in [1.82, 2.24) is 5.32 Å². The van der Waals surface area contributed by atoms with Crippen LogP contribution in [0.2, 0.25) is 0 Å². The van der Waals surface area contributed by atoms with Gasteiger partial charge in [0.25, 0.3) is 0 Å². The maximum absolute atomic E-state index is 11.8. The normalized spacial score (nSPS) is 10.2. The molecule has 0 fully saturated rings. The summed E-state index contributed by atoms with van der Waals surface area (Å²) in [6.45, 7) is 3.99. The van der Waals surface area contributed by atoms with Crippen LogP contribution in [0, 0.1) is 0 Å². The smallest absolute Gasteiger partial charge is 0.220 e. The highest BCUT2D eigenvalue weighted by Crippen LogP contribution is 2.29. The van der Waals surface area contributed by atoms with Crippen LogP contribution in [0.5, 0.6) is 11.5 Å². The van der Waals surface area contributed by atoms with Crippen molar-refractivity contribution in [2.45, 2.75) is 26.2 Å². The summed E-state index contributed by atoms with van der Waals surface area (Å²) in [4.78, 5) is 11.8. The number of carbonyl (C=O) groups is 1. The van der Waals surface area contributed by atoms with E-state index >= 15 is 0 Å². The minimum Gasteiger partial charge on any atom is -0.496 e. The zero-order valence-electron chi connectivity index (χ0n) is 13.1.